The molecule has 0 bridgehead atoms. The van der Waals surface area contributed by atoms with Crippen LogP contribution in [0.2, 0.25) is 0 Å². The van der Waals surface area contributed by atoms with Crippen molar-refractivity contribution < 1.29 is 0 Å². The van der Waals surface area contributed by atoms with Crippen LogP contribution in [0.3, 0.4) is 0 Å². The predicted octanol–water partition coefficient (Wildman–Crippen LogP) is 4.70. The molecule has 0 aliphatic heterocycles. The van der Waals surface area contributed by atoms with Crippen molar-refractivity contribution in [3.05, 3.63) is 34.9 Å². The first kappa shape index (κ1) is 16.6. The topological polar surface area (TPSA) is 12.0 Å². The Bertz CT molecular complexity index is 351. The monoisotopic (exact) mass is 279 g/mol. The van der Waals surface area contributed by atoms with Gasteiger partial charge in [0.1, 0.15) is 0 Å². The van der Waals surface area contributed by atoms with Crippen LogP contribution in [0.25, 0.3) is 0 Å². The van der Waals surface area contributed by atoms with Crippen molar-refractivity contribution in [1.82, 2.24) is 5.32 Å². The van der Waals surface area contributed by atoms with E-state index in [9.17, 15) is 0 Å². The van der Waals surface area contributed by atoms with Crippen LogP contribution in [0.1, 0.15) is 50.3 Å². The average Bonchev–Trinajstić information content (AvgIpc) is 2.36. The standard InChI is InChI=1S/C17H29NS/c1-6-17(7-2)18-11-15(5)19-12-16-9-13(3)8-14(4)10-16/h8-10,15,17-18H,6-7,11-12H2,1-5H3. The van der Waals surface area contributed by atoms with Gasteiger partial charge in [-0.15, -0.1) is 0 Å². The molecule has 1 nitrogen and oxygen atoms in total. The van der Waals surface area contributed by atoms with Crippen molar-refractivity contribution in [2.75, 3.05) is 6.54 Å². The molecule has 0 aliphatic carbocycles. The number of rotatable bonds is 8. The Morgan fingerprint density at radius 1 is 1.05 bits per heavy atom. The molecule has 2 heteroatoms. The van der Waals surface area contributed by atoms with Crippen molar-refractivity contribution in [3.63, 3.8) is 0 Å². The summed E-state index contributed by atoms with van der Waals surface area (Å²) in [5, 5.41) is 4.33. The molecule has 0 saturated heterocycles. The lowest BCUT2D eigenvalue weighted by atomic mass is 10.1. The maximum absolute atomic E-state index is 3.66. The summed E-state index contributed by atoms with van der Waals surface area (Å²) < 4.78 is 0. The molecular formula is C17H29NS. The number of aryl methyl sites for hydroxylation is 2. The molecule has 1 aromatic rings. The molecule has 0 spiro atoms. The number of benzene rings is 1. The van der Waals surface area contributed by atoms with Crippen LogP contribution in [-0.4, -0.2) is 17.8 Å². The molecule has 1 aromatic carbocycles. The van der Waals surface area contributed by atoms with Gasteiger partial charge < -0.3 is 5.32 Å². The van der Waals surface area contributed by atoms with E-state index in [4.69, 9.17) is 0 Å². The second kappa shape index (κ2) is 8.65. The van der Waals surface area contributed by atoms with Gasteiger partial charge in [-0.25, -0.2) is 0 Å². The summed E-state index contributed by atoms with van der Waals surface area (Å²) in [5.41, 5.74) is 4.20. The summed E-state index contributed by atoms with van der Waals surface area (Å²) in [6.07, 6.45) is 2.45. The van der Waals surface area contributed by atoms with E-state index in [-0.39, 0.29) is 0 Å². The van der Waals surface area contributed by atoms with E-state index in [0.29, 0.717) is 11.3 Å². The number of nitrogens with one attached hydrogen (secondary N) is 1. The number of hydrogen-bond donors (Lipinski definition) is 1. The third-order valence-electron chi connectivity index (χ3n) is 3.50. The molecule has 0 fully saturated rings. The molecule has 0 amide bonds. The van der Waals surface area contributed by atoms with Gasteiger partial charge >= 0.3 is 0 Å². The minimum atomic E-state index is 0.668. The van der Waals surface area contributed by atoms with Crippen LogP contribution >= 0.6 is 11.8 Å². The van der Waals surface area contributed by atoms with Gasteiger partial charge in [-0.3, -0.25) is 0 Å². The van der Waals surface area contributed by atoms with Crippen LogP contribution in [0.4, 0.5) is 0 Å². The van der Waals surface area contributed by atoms with Gasteiger partial charge in [0.25, 0.3) is 0 Å². The zero-order valence-corrected chi connectivity index (χ0v) is 13.9. The third kappa shape index (κ3) is 6.49. The smallest absolute Gasteiger partial charge is 0.0187 e. The summed E-state index contributed by atoms with van der Waals surface area (Å²) in [4.78, 5) is 0. The van der Waals surface area contributed by atoms with E-state index >= 15 is 0 Å². The van der Waals surface area contributed by atoms with Gasteiger partial charge in [0.05, 0.1) is 0 Å². The molecule has 1 atom stereocenters. The van der Waals surface area contributed by atoms with E-state index < -0.39 is 0 Å². The highest BCUT2D eigenvalue weighted by Gasteiger charge is 2.07. The zero-order valence-electron chi connectivity index (χ0n) is 13.1. The van der Waals surface area contributed by atoms with Crippen LogP contribution in [0, 0.1) is 13.8 Å². The van der Waals surface area contributed by atoms with E-state index in [1.54, 1.807) is 0 Å². The lowest BCUT2D eigenvalue weighted by Crippen LogP contribution is -2.32. The maximum Gasteiger partial charge on any atom is 0.0187 e. The van der Waals surface area contributed by atoms with Crippen LogP contribution in [0.15, 0.2) is 18.2 Å². The van der Waals surface area contributed by atoms with Gasteiger partial charge in [-0.1, -0.05) is 50.1 Å². The highest BCUT2D eigenvalue weighted by molar-refractivity contribution is 7.99. The molecular weight excluding hydrogens is 250 g/mol. The summed E-state index contributed by atoms with van der Waals surface area (Å²) in [6.45, 7) is 12.3. The Labute approximate surface area is 123 Å². The lowest BCUT2D eigenvalue weighted by Gasteiger charge is -2.18. The molecule has 0 saturated carbocycles. The van der Waals surface area contributed by atoms with E-state index in [0.717, 1.165) is 12.3 Å². The Morgan fingerprint density at radius 3 is 2.16 bits per heavy atom. The predicted molar refractivity (Wildman–Crippen MR) is 89.0 cm³/mol. The Morgan fingerprint density at radius 2 is 1.63 bits per heavy atom. The fourth-order valence-electron chi connectivity index (χ4n) is 2.36. The zero-order chi connectivity index (χ0) is 14.3. The van der Waals surface area contributed by atoms with Crippen molar-refractivity contribution in [2.45, 2.75) is 64.5 Å². The first-order valence-corrected chi connectivity index (χ1v) is 8.52. The van der Waals surface area contributed by atoms with Crippen molar-refractivity contribution in [1.29, 1.82) is 0 Å². The van der Waals surface area contributed by atoms with Gasteiger partial charge in [0, 0.05) is 23.6 Å². The third-order valence-corrected chi connectivity index (χ3v) is 4.73. The lowest BCUT2D eigenvalue weighted by molar-refractivity contribution is 0.488. The summed E-state index contributed by atoms with van der Waals surface area (Å²) in [6, 6.07) is 7.54. The molecule has 0 aliphatic rings. The number of thioether (sulfide) groups is 1. The molecule has 0 aromatic heterocycles. The van der Waals surface area contributed by atoms with Gasteiger partial charge in [0.15, 0.2) is 0 Å². The molecule has 1 N–H and O–H groups in total. The molecule has 1 unspecified atom stereocenters. The summed E-state index contributed by atoms with van der Waals surface area (Å²) in [7, 11) is 0. The van der Waals surface area contributed by atoms with Gasteiger partial charge in [0.2, 0.25) is 0 Å². The minimum absolute atomic E-state index is 0.668. The minimum Gasteiger partial charge on any atom is -0.313 e. The highest BCUT2D eigenvalue weighted by atomic mass is 32.2. The van der Waals surface area contributed by atoms with Gasteiger partial charge in [-0.05, 0) is 32.3 Å². The summed E-state index contributed by atoms with van der Waals surface area (Å²) in [5.74, 6) is 1.12. The van der Waals surface area contributed by atoms with Crippen LogP contribution < -0.4 is 5.32 Å². The maximum atomic E-state index is 3.66. The Hall–Kier alpha value is -0.470. The Kier molecular flexibility index (Phi) is 7.55. The Balaban J connectivity index is 2.35. The van der Waals surface area contributed by atoms with Crippen molar-refractivity contribution in [3.8, 4) is 0 Å². The fraction of sp³-hybridized carbons (Fsp3) is 0.647. The van der Waals surface area contributed by atoms with Crippen molar-refractivity contribution >= 4 is 11.8 Å². The van der Waals surface area contributed by atoms with Crippen LogP contribution in [-0.2, 0) is 5.75 Å². The van der Waals surface area contributed by atoms with Crippen LogP contribution in [0.5, 0.6) is 0 Å². The molecule has 0 heterocycles. The second-order valence-electron chi connectivity index (χ2n) is 5.54. The highest BCUT2D eigenvalue weighted by Crippen LogP contribution is 2.19. The SMILES string of the molecule is CCC(CC)NCC(C)SCc1cc(C)cc(C)c1. The normalized spacial score (nSPS) is 12.9. The first-order chi connectivity index (χ1) is 9.05. The fourth-order valence-corrected chi connectivity index (χ4v) is 3.22. The van der Waals surface area contributed by atoms with Gasteiger partial charge in [-0.2, -0.15) is 11.8 Å². The van der Waals surface area contributed by atoms with E-state index in [2.05, 4.69) is 58.1 Å². The largest absolute Gasteiger partial charge is 0.313 e. The second-order valence-corrected chi connectivity index (χ2v) is 6.97. The quantitative estimate of drug-likeness (QED) is 0.740. The van der Waals surface area contributed by atoms with E-state index in [1.807, 2.05) is 11.8 Å². The molecule has 19 heavy (non-hydrogen) atoms. The molecule has 0 radical (unpaired) electrons. The average molecular weight is 279 g/mol. The van der Waals surface area contributed by atoms with Crippen molar-refractivity contribution in [2.24, 2.45) is 0 Å². The number of hydrogen-bond acceptors (Lipinski definition) is 2. The summed E-state index contributed by atoms with van der Waals surface area (Å²) >= 11 is 2.05. The first-order valence-electron chi connectivity index (χ1n) is 7.47. The molecule has 108 valence electrons. The van der Waals surface area contributed by atoms with E-state index in [1.165, 1.54) is 29.5 Å². The molecule has 1 rings (SSSR count).